The van der Waals surface area contributed by atoms with E-state index in [-0.39, 0.29) is 17.8 Å². The molecule has 4 rings (SSSR count). The number of hydrogen-bond acceptors (Lipinski definition) is 2. The van der Waals surface area contributed by atoms with Crippen LogP contribution in [0.2, 0.25) is 0 Å². The normalized spacial score (nSPS) is 13.7. The number of nitrogens with zero attached hydrogens (tertiary/aromatic N) is 2. The average Bonchev–Trinajstić information content (AvgIpc) is 3.31. The number of hydrogen-bond donors (Lipinski definition) is 1. The van der Waals surface area contributed by atoms with Crippen LogP contribution in [0.25, 0.3) is 16.9 Å². The van der Waals surface area contributed by atoms with E-state index in [1.807, 2.05) is 31.2 Å². The molecule has 25 heavy (non-hydrogen) atoms. The van der Waals surface area contributed by atoms with Gasteiger partial charge in [-0.05, 0) is 44.0 Å². The van der Waals surface area contributed by atoms with E-state index in [1.165, 1.54) is 12.1 Å². The molecule has 0 unspecified atom stereocenters. The highest BCUT2D eigenvalue weighted by Crippen LogP contribution is 2.26. The van der Waals surface area contributed by atoms with Crippen molar-refractivity contribution in [2.45, 2.75) is 25.8 Å². The van der Waals surface area contributed by atoms with Crippen LogP contribution in [0.5, 0.6) is 0 Å². The SMILES string of the molecule is Cc1ccc(-c2nn(-c3ccc(F)cc3)cc2C(=O)NC2CC2)cc1. The molecule has 126 valence electrons. The van der Waals surface area contributed by atoms with E-state index in [4.69, 9.17) is 0 Å². The van der Waals surface area contributed by atoms with Gasteiger partial charge in [0, 0.05) is 17.8 Å². The number of amides is 1. The Morgan fingerprint density at radius 1 is 1.12 bits per heavy atom. The van der Waals surface area contributed by atoms with Crippen molar-refractivity contribution in [3.05, 3.63) is 71.7 Å². The first-order valence-electron chi connectivity index (χ1n) is 8.34. The second-order valence-electron chi connectivity index (χ2n) is 6.43. The third kappa shape index (κ3) is 3.31. The van der Waals surface area contributed by atoms with E-state index >= 15 is 0 Å². The highest BCUT2D eigenvalue weighted by molar-refractivity contribution is 6.00. The van der Waals surface area contributed by atoms with Gasteiger partial charge in [-0.25, -0.2) is 9.07 Å². The van der Waals surface area contributed by atoms with E-state index in [1.54, 1.807) is 23.0 Å². The Bertz CT molecular complexity index is 909. The maximum absolute atomic E-state index is 13.2. The minimum absolute atomic E-state index is 0.119. The van der Waals surface area contributed by atoms with Crippen LogP contribution in [-0.4, -0.2) is 21.7 Å². The molecule has 0 spiro atoms. The van der Waals surface area contributed by atoms with Gasteiger partial charge in [0.15, 0.2) is 0 Å². The summed E-state index contributed by atoms with van der Waals surface area (Å²) >= 11 is 0. The lowest BCUT2D eigenvalue weighted by molar-refractivity contribution is 0.0951. The summed E-state index contributed by atoms with van der Waals surface area (Å²) in [6.07, 6.45) is 3.76. The largest absolute Gasteiger partial charge is 0.349 e. The smallest absolute Gasteiger partial charge is 0.255 e. The molecule has 1 fully saturated rings. The van der Waals surface area contributed by atoms with Gasteiger partial charge in [0.25, 0.3) is 5.91 Å². The summed E-state index contributed by atoms with van der Waals surface area (Å²) in [5, 5.41) is 7.61. The highest BCUT2D eigenvalue weighted by Gasteiger charge is 2.26. The van der Waals surface area contributed by atoms with Crippen LogP contribution in [0.4, 0.5) is 4.39 Å². The number of carbonyl (C=O) groups is 1. The summed E-state index contributed by atoms with van der Waals surface area (Å²) in [6.45, 7) is 2.02. The maximum Gasteiger partial charge on any atom is 0.255 e. The van der Waals surface area contributed by atoms with Crippen LogP contribution in [0.3, 0.4) is 0 Å². The van der Waals surface area contributed by atoms with Gasteiger partial charge < -0.3 is 5.32 Å². The Balaban J connectivity index is 1.77. The van der Waals surface area contributed by atoms with Gasteiger partial charge in [0.05, 0.1) is 11.3 Å². The number of rotatable bonds is 4. The highest BCUT2D eigenvalue weighted by atomic mass is 19.1. The fourth-order valence-corrected chi connectivity index (χ4v) is 2.68. The standard InChI is InChI=1S/C20H18FN3O/c1-13-2-4-14(5-3-13)19-18(20(25)22-16-8-9-16)12-24(23-19)17-10-6-15(21)7-11-17/h2-7,10-12,16H,8-9H2,1H3,(H,22,25). The molecule has 1 aromatic heterocycles. The van der Waals surface area contributed by atoms with Crippen LogP contribution in [0.1, 0.15) is 28.8 Å². The lowest BCUT2D eigenvalue weighted by atomic mass is 10.1. The van der Waals surface area contributed by atoms with Crippen molar-refractivity contribution < 1.29 is 9.18 Å². The zero-order valence-electron chi connectivity index (χ0n) is 13.9. The molecule has 4 nitrogen and oxygen atoms in total. The molecule has 0 atom stereocenters. The summed E-state index contributed by atoms with van der Waals surface area (Å²) in [6, 6.07) is 14.2. The van der Waals surface area contributed by atoms with Crippen molar-refractivity contribution in [1.82, 2.24) is 15.1 Å². The van der Waals surface area contributed by atoms with Gasteiger partial charge in [0.1, 0.15) is 11.5 Å². The minimum atomic E-state index is -0.304. The number of carbonyl (C=O) groups excluding carboxylic acids is 1. The van der Waals surface area contributed by atoms with Crippen molar-refractivity contribution in [3.8, 4) is 16.9 Å². The molecule has 3 aromatic rings. The van der Waals surface area contributed by atoms with Crippen LogP contribution in [0, 0.1) is 12.7 Å². The Morgan fingerprint density at radius 3 is 2.44 bits per heavy atom. The first kappa shape index (κ1) is 15.6. The molecule has 5 heteroatoms. The summed E-state index contributed by atoms with van der Waals surface area (Å²) in [5.41, 5.74) is 3.89. The van der Waals surface area contributed by atoms with Crippen LogP contribution >= 0.6 is 0 Å². The summed E-state index contributed by atoms with van der Waals surface area (Å²) in [7, 11) is 0. The number of halogens is 1. The minimum Gasteiger partial charge on any atom is -0.349 e. The lowest BCUT2D eigenvalue weighted by Crippen LogP contribution is -2.25. The zero-order valence-corrected chi connectivity index (χ0v) is 13.9. The number of nitrogens with one attached hydrogen (secondary N) is 1. The first-order chi connectivity index (χ1) is 12.1. The van der Waals surface area contributed by atoms with Gasteiger partial charge in [0.2, 0.25) is 0 Å². The molecule has 1 amide bonds. The molecule has 0 saturated heterocycles. The predicted molar refractivity (Wildman–Crippen MR) is 94.2 cm³/mol. The third-order valence-corrected chi connectivity index (χ3v) is 4.29. The molecule has 1 N–H and O–H groups in total. The molecule has 1 saturated carbocycles. The van der Waals surface area contributed by atoms with Gasteiger partial charge in [-0.1, -0.05) is 29.8 Å². The fraction of sp³-hybridized carbons (Fsp3) is 0.200. The molecular formula is C20H18FN3O. The van der Waals surface area contributed by atoms with Gasteiger partial charge in [-0.2, -0.15) is 5.10 Å². The summed E-state index contributed by atoms with van der Waals surface area (Å²) in [4.78, 5) is 12.6. The number of benzene rings is 2. The maximum atomic E-state index is 13.2. The summed E-state index contributed by atoms with van der Waals surface area (Å²) < 4.78 is 14.8. The Morgan fingerprint density at radius 2 is 1.80 bits per heavy atom. The molecule has 0 aliphatic heterocycles. The molecule has 1 aliphatic rings. The van der Waals surface area contributed by atoms with Crippen molar-refractivity contribution in [3.63, 3.8) is 0 Å². The quantitative estimate of drug-likeness (QED) is 0.786. The van der Waals surface area contributed by atoms with Crippen molar-refractivity contribution in [2.24, 2.45) is 0 Å². The van der Waals surface area contributed by atoms with E-state index < -0.39 is 0 Å². The monoisotopic (exact) mass is 335 g/mol. The number of aryl methyl sites for hydroxylation is 1. The molecule has 1 aliphatic carbocycles. The van der Waals surface area contributed by atoms with Gasteiger partial charge in [-0.3, -0.25) is 4.79 Å². The van der Waals surface area contributed by atoms with E-state index in [2.05, 4.69) is 10.4 Å². The van der Waals surface area contributed by atoms with Crippen LogP contribution < -0.4 is 5.32 Å². The Labute approximate surface area is 145 Å². The molecule has 1 heterocycles. The lowest BCUT2D eigenvalue weighted by Gasteiger charge is -2.04. The topological polar surface area (TPSA) is 46.9 Å². The fourth-order valence-electron chi connectivity index (χ4n) is 2.68. The van der Waals surface area contributed by atoms with E-state index in [9.17, 15) is 9.18 Å². The molecule has 0 bridgehead atoms. The van der Waals surface area contributed by atoms with Crippen molar-refractivity contribution >= 4 is 5.91 Å². The Kier molecular flexibility index (Phi) is 3.84. The predicted octanol–water partition coefficient (Wildman–Crippen LogP) is 3.88. The van der Waals surface area contributed by atoms with Crippen LogP contribution in [-0.2, 0) is 0 Å². The number of aromatic nitrogens is 2. The van der Waals surface area contributed by atoms with E-state index in [0.29, 0.717) is 16.9 Å². The first-order valence-corrected chi connectivity index (χ1v) is 8.34. The van der Waals surface area contributed by atoms with E-state index in [0.717, 1.165) is 24.0 Å². The van der Waals surface area contributed by atoms with Gasteiger partial charge >= 0.3 is 0 Å². The van der Waals surface area contributed by atoms with Gasteiger partial charge in [-0.15, -0.1) is 0 Å². The summed E-state index contributed by atoms with van der Waals surface area (Å²) in [5.74, 6) is -0.423. The average molecular weight is 335 g/mol. The molecular weight excluding hydrogens is 317 g/mol. The molecule has 2 aromatic carbocycles. The third-order valence-electron chi connectivity index (χ3n) is 4.29. The zero-order chi connectivity index (χ0) is 17.4. The molecule has 0 radical (unpaired) electrons. The Hall–Kier alpha value is -2.95. The second kappa shape index (κ2) is 6.16. The van der Waals surface area contributed by atoms with Crippen molar-refractivity contribution in [1.29, 1.82) is 0 Å². The van der Waals surface area contributed by atoms with Crippen molar-refractivity contribution in [2.75, 3.05) is 0 Å². The second-order valence-corrected chi connectivity index (χ2v) is 6.43. The van der Waals surface area contributed by atoms with Crippen LogP contribution in [0.15, 0.2) is 54.7 Å².